The van der Waals surface area contributed by atoms with Crippen LogP contribution in [0.15, 0.2) is 0 Å². The highest BCUT2D eigenvalue weighted by atomic mass is 16.6. The maximum atomic E-state index is 11.5. The molecule has 3 aliphatic rings. The molecule has 3 heteroatoms. The van der Waals surface area contributed by atoms with Gasteiger partial charge in [-0.25, -0.2) is 0 Å². The first-order valence-electron chi connectivity index (χ1n) is 5.37. The summed E-state index contributed by atoms with van der Waals surface area (Å²) in [4.78, 5) is 22.9. The normalized spacial score (nSPS) is 51.3. The summed E-state index contributed by atoms with van der Waals surface area (Å²) in [5, 5.41) is 0. The number of rotatable bonds is 0. The van der Waals surface area contributed by atoms with Gasteiger partial charge in [0.05, 0.1) is 11.8 Å². The number of esters is 2. The number of cyclic esters (lactones) is 2. The summed E-state index contributed by atoms with van der Waals surface area (Å²) in [6.07, 6.45) is 1.05. The second-order valence-electron chi connectivity index (χ2n) is 5.07. The van der Waals surface area contributed by atoms with Gasteiger partial charge in [0.2, 0.25) is 0 Å². The number of fused-ring (bicyclic) bond motifs is 5. The van der Waals surface area contributed by atoms with Crippen LogP contribution in [0.3, 0.4) is 0 Å². The molecule has 6 unspecified atom stereocenters. The average molecular weight is 210 g/mol. The molecule has 2 saturated carbocycles. The van der Waals surface area contributed by atoms with Crippen molar-refractivity contribution in [1.82, 2.24) is 0 Å². The third-order valence-corrected chi connectivity index (χ3v) is 4.78. The third-order valence-electron chi connectivity index (χ3n) is 4.78. The summed E-state index contributed by atoms with van der Waals surface area (Å²) < 4.78 is 4.73. The Kier molecular flexibility index (Phi) is 2.18. The number of carbonyl (C=O) groups excluding carboxylic acids is 2. The Morgan fingerprint density at radius 1 is 1.00 bits per heavy atom. The molecule has 84 valence electrons. The van der Waals surface area contributed by atoms with Crippen LogP contribution in [0.5, 0.6) is 0 Å². The van der Waals surface area contributed by atoms with E-state index in [-0.39, 0.29) is 31.2 Å². The zero-order valence-corrected chi connectivity index (χ0v) is 8.40. The minimum absolute atomic E-state index is 0. The molecule has 0 N–H and O–H groups in total. The predicted octanol–water partition coefficient (Wildman–Crippen LogP) is 1.86. The van der Waals surface area contributed by atoms with Crippen LogP contribution in [0.2, 0.25) is 0 Å². The highest BCUT2D eigenvalue weighted by molar-refractivity contribution is 5.97. The Bertz CT molecular complexity index is 293. The Morgan fingerprint density at radius 3 is 1.80 bits per heavy atom. The Labute approximate surface area is 90.2 Å². The lowest BCUT2D eigenvalue weighted by Gasteiger charge is -2.30. The Hall–Kier alpha value is -0.860. The van der Waals surface area contributed by atoms with Crippen LogP contribution < -0.4 is 0 Å². The summed E-state index contributed by atoms with van der Waals surface area (Å²) in [6.45, 7) is 4.39. The maximum absolute atomic E-state index is 11.5. The van der Waals surface area contributed by atoms with Crippen molar-refractivity contribution in [2.24, 2.45) is 35.5 Å². The quantitative estimate of drug-likeness (QED) is 0.453. The van der Waals surface area contributed by atoms with E-state index >= 15 is 0 Å². The van der Waals surface area contributed by atoms with E-state index in [0.717, 1.165) is 6.42 Å². The number of hydrogen-bond donors (Lipinski definition) is 0. The molecule has 0 aromatic heterocycles. The van der Waals surface area contributed by atoms with Crippen LogP contribution in [-0.4, -0.2) is 11.9 Å². The third kappa shape index (κ3) is 1.06. The van der Waals surface area contributed by atoms with Crippen molar-refractivity contribution < 1.29 is 14.3 Å². The van der Waals surface area contributed by atoms with Crippen molar-refractivity contribution in [3.63, 3.8) is 0 Å². The van der Waals surface area contributed by atoms with E-state index in [2.05, 4.69) is 13.8 Å². The zero-order chi connectivity index (χ0) is 10.0. The zero-order valence-electron chi connectivity index (χ0n) is 8.40. The smallest absolute Gasteiger partial charge is 0.317 e. The molecule has 0 aromatic rings. The van der Waals surface area contributed by atoms with Gasteiger partial charge < -0.3 is 4.74 Å². The van der Waals surface area contributed by atoms with Crippen LogP contribution in [0, 0.1) is 35.5 Å². The number of carbonyl (C=O) groups is 2. The second-order valence-corrected chi connectivity index (χ2v) is 5.07. The predicted molar refractivity (Wildman–Crippen MR) is 54.7 cm³/mol. The summed E-state index contributed by atoms with van der Waals surface area (Å²) in [5.41, 5.74) is 0. The van der Waals surface area contributed by atoms with Crippen LogP contribution in [0.4, 0.5) is 0 Å². The first-order valence-corrected chi connectivity index (χ1v) is 5.37. The first kappa shape index (κ1) is 10.7. The fraction of sp³-hybridized carbons (Fsp3) is 0.833. The summed E-state index contributed by atoms with van der Waals surface area (Å²) in [5.74, 6) is 1.23. The molecule has 0 aromatic carbocycles. The number of ether oxygens (including phenoxy) is 1. The van der Waals surface area contributed by atoms with Crippen molar-refractivity contribution in [1.29, 1.82) is 0 Å². The van der Waals surface area contributed by atoms with Crippen molar-refractivity contribution in [3.8, 4) is 0 Å². The monoisotopic (exact) mass is 210 g/mol. The maximum Gasteiger partial charge on any atom is 0.317 e. The van der Waals surface area contributed by atoms with Gasteiger partial charge in [0, 0.05) is 0 Å². The standard InChI is InChI=1S/C11H14O3.CH4/c1-4-5(2)7-3-6(4)8-9(7)11(13)14-10(8)12;/h4-9H,3H2,1-2H3;1H4. The summed E-state index contributed by atoms with van der Waals surface area (Å²) >= 11 is 0. The van der Waals surface area contributed by atoms with Gasteiger partial charge in [0.1, 0.15) is 0 Å². The molecule has 0 radical (unpaired) electrons. The van der Waals surface area contributed by atoms with Gasteiger partial charge in [-0.15, -0.1) is 0 Å². The fourth-order valence-corrected chi connectivity index (χ4v) is 3.88. The Balaban J connectivity index is 0.000000853. The largest absolute Gasteiger partial charge is 0.393 e. The molecule has 2 bridgehead atoms. The van der Waals surface area contributed by atoms with Crippen molar-refractivity contribution in [2.75, 3.05) is 0 Å². The molecule has 2 aliphatic carbocycles. The van der Waals surface area contributed by atoms with Gasteiger partial charge in [0.15, 0.2) is 0 Å². The minimum atomic E-state index is -0.258. The lowest BCUT2D eigenvalue weighted by molar-refractivity contribution is -0.154. The van der Waals surface area contributed by atoms with Crippen LogP contribution >= 0.6 is 0 Å². The highest BCUT2D eigenvalue weighted by Gasteiger charge is 2.64. The molecule has 0 spiro atoms. The SMILES string of the molecule is C.CC1C(C)C2CC1C1C(=O)OC(=O)C21. The molecular weight excluding hydrogens is 192 g/mol. The minimum Gasteiger partial charge on any atom is -0.393 e. The van der Waals surface area contributed by atoms with Crippen LogP contribution in [0.1, 0.15) is 27.7 Å². The highest BCUT2D eigenvalue weighted by Crippen LogP contribution is 2.60. The lowest BCUT2D eigenvalue weighted by Crippen LogP contribution is -2.34. The fourth-order valence-electron chi connectivity index (χ4n) is 3.88. The lowest BCUT2D eigenvalue weighted by atomic mass is 9.70. The van der Waals surface area contributed by atoms with E-state index in [1.54, 1.807) is 0 Å². The van der Waals surface area contributed by atoms with E-state index in [4.69, 9.17) is 4.74 Å². The molecule has 3 rings (SSSR count). The van der Waals surface area contributed by atoms with Crippen molar-refractivity contribution in [3.05, 3.63) is 0 Å². The van der Waals surface area contributed by atoms with Gasteiger partial charge in [-0.1, -0.05) is 21.3 Å². The second kappa shape index (κ2) is 3.06. The van der Waals surface area contributed by atoms with Crippen LogP contribution in [0.25, 0.3) is 0 Å². The van der Waals surface area contributed by atoms with Gasteiger partial charge in [0.25, 0.3) is 0 Å². The summed E-state index contributed by atoms with van der Waals surface area (Å²) in [6, 6.07) is 0. The molecule has 6 atom stereocenters. The Morgan fingerprint density at radius 2 is 1.40 bits per heavy atom. The molecular formula is C12H18O3. The topological polar surface area (TPSA) is 43.4 Å². The van der Waals surface area contributed by atoms with Crippen molar-refractivity contribution in [2.45, 2.75) is 27.7 Å². The summed E-state index contributed by atoms with van der Waals surface area (Å²) in [7, 11) is 0. The molecule has 0 amide bonds. The van der Waals surface area contributed by atoms with Crippen molar-refractivity contribution >= 4 is 11.9 Å². The average Bonchev–Trinajstić information content (AvgIpc) is 2.71. The van der Waals surface area contributed by atoms with Gasteiger partial charge in [-0.2, -0.15) is 0 Å². The molecule has 1 heterocycles. The number of hydrogen-bond acceptors (Lipinski definition) is 3. The molecule has 3 nitrogen and oxygen atoms in total. The van der Waals surface area contributed by atoms with Gasteiger partial charge in [-0.05, 0) is 30.1 Å². The molecule has 1 aliphatic heterocycles. The van der Waals surface area contributed by atoms with E-state index in [1.165, 1.54) is 0 Å². The molecule has 15 heavy (non-hydrogen) atoms. The van der Waals surface area contributed by atoms with E-state index in [9.17, 15) is 9.59 Å². The van der Waals surface area contributed by atoms with E-state index in [1.807, 2.05) is 0 Å². The van der Waals surface area contributed by atoms with Crippen LogP contribution in [-0.2, 0) is 14.3 Å². The molecule has 3 fully saturated rings. The molecule has 1 saturated heterocycles. The first-order chi connectivity index (χ1) is 6.61. The van der Waals surface area contributed by atoms with E-state index in [0.29, 0.717) is 23.7 Å². The van der Waals surface area contributed by atoms with Gasteiger partial charge >= 0.3 is 11.9 Å². The van der Waals surface area contributed by atoms with E-state index < -0.39 is 0 Å². The van der Waals surface area contributed by atoms with Gasteiger partial charge in [-0.3, -0.25) is 9.59 Å².